The third-order valence-corrected chi connectivity index (χ3v) is 9.70. The van der Waals surface area contributed by atoms with Crippen molar-refractivity contribution in [3.8, 4) is 41.2 Å². The second-order valence-corrected chi connectivity index (χ2v) is 12.4. The first-order valence-electron chi connectivity index (χ1n) is 16.1. The molecule has 5 aromatic rings. The lowest BCUT2D eigenvalue weighted by molar-refractivity contribution is -0.0101. The maximum absolute atomic E-state index is 17.1. The number of rotatable bonds is 6. The van der Waals surface area contributed by atoms with Crippen LogP contribution in [-0.4, -0.2) is 81.5 Å². The Morgan fingerprint density at radius 2 is 2.02 bits per heavy atom. The summed E-state index contributed by atoms with van der Waals surface area (Å²) in [6, 6.07) is 12.4. The molecule has 0 spiro atoms. The molecule has 0 bridgehead atoms. The second kappa shape index (κ2) is 12.1. The van der Waals surface area contributed by atoms with Gasteiger partial charge in [-0.3, -0.25) is 4.90 Å². The number of hydrogen-bond donors (Lipinski definition) is 2. The average molecular weight is 648 g/mol. The minimum atomic E-state index is -0.714. The number of nitrogens with two attached hydrogens (primary N) is 1. The van der Waals surface area contributed by atoms with Gasteiger partial charge in [-0.25, -0.2) is 14.4 Å². The predicted molar refractivity (Wildman–Crippen MR) is 180 cm³/mol. The maximum atomic E-state index is 17.1. The Bertz CT molecular complexity index is 2100. The third kappa shape index (κ3) is 5.06. The van der Waals surface area contributed by atoms with Crippen LogP contribution < -0.4 is 20.1 Å². The summed E-state index contributed by atoms with van der Waals surface area (Å²) < 4.78 is 35.3. The highest BCUT2D eigenvalue weighted by Crippen LogP contribution is 2.44. The SMILES string of the molecule is C#Cc1cccc2cc(O)cc(-c3nc4c5c(nc(OC[C@@H]6CC[C@H]7COCCN76)nc5c3F)N([C@H](C)c3cccnc3N)CCO4)c12. The van der Waals surface area contributed by atoms with E-state index in [1.54, 1.807) is 24.4 Å². The molecule has 3 atom stereocenters. The monoisotopic (exact) mass is 647 g/mol. The number of aromatic nitrogens is 4. The van der Waals surface area contributed by atoms with E-state index in [0.29, 0.717) is 71.3 Å². The molecule has 0 radical (unpaired) electrons. The molecule has 0 aliphatic carbocycles. The van der Waals surface area contributed by atoms with Crippen LogP contribution in [0.25, 0.3) is 32.9 Å². The summed E-state index contributed by atoms with van der Waals surface area (Å²) in [5.74, 6) is 2.88. The second-order valence-electron chi connectivity index (χ2n) is 12.4. The number of halogens is 1. The fraction of sp³-hybridized carbons (Fsp3) is 0.333. The lowest BCUT2D eigenvalue weighted by Gasteiger charge is -2.33. The van der Waals surface area contributed by atoms with Gasteiger partial charge >= 0.3 is 6.01 Å². The number of morpholine rings is 1. The highest BCUT2D eigenvalue weighted by atomic mass is 19.1. The van der Waals surface area contributed by atoms with Crippen molar-refractivity contribution in [2.75, 3.05) is 50.2 Å². The van der Waals surface area contributed by atoms with E-state index in [-0.39, 0.29) is 47.5 Å². The molecule has 0 unspecified atom stereocenters. The molecule has 3 aliphatic heterocycles. The number of nitrogen functional groups attached to an aromatic ring is 1. The molecule has 3 N–H and O–H groups in total. The predicted octanol–water partition coefficient (Wildman–Crippen LogP) is 4.85. The van der Waals surface area contributed by atoms with Gasteiger partial charge in [0.15, 0.2) is 5.82 Å². The molecule has 2 aromatic carbocycles. The molecule has 3 aromatic heterocycles. The molecule has 244 valence electrons. The zero-order valence-corrected chi connectivity index (χ0v) is 26.4. The van der Waals surface area contributed by atoms with Crippen LogP contribution in [-0.2, 0) is 4.74 Å². The van der Waals surface area contributed by atoms with E-state index in [9.17, 15) is 5.11 Å². The molecule has 8 rings (SSSR count). The summed E-state index contributed by atoms with van der Waals surface area (Å²) in [6.07, 6.45) is 9.49. The van der Waals surface area contributed by atoms with Crippen molar-refractivity contribution in [3.63, 3.8) is 0 Å². The normalized spacial score (nSPS) is 19.8. The van der Waals surface area contributed by atoms with Crippen molar-refractivity contribution in [2.45, 2.75) is 37.9 Å². The Balaban J connectivity index is 1.30. The van der Waals surface area contributed by atoms with Crippen molar-refractivity contribution in [2.24, 2.45) is 0 Å². The fourth-order valence-corrected chi connectivity index (χ4v) is 7.35. The van der Waals surface area contributed by atoms with Gasteiger partial charge in [-0.15, -0.1) is 6.42 Å². The number of terminal acetylenes is 1. The summed E-state index contributed by atoms with van der Waals surface area (Å²) in [7, 11) is 0. The number of aromatic hydroxyl groups is 1. The van der Waals surface area contributed by atoms with E-state index in [0.717, 1.165) is 24.9 Å². The first kappa shape index (κ1) is 30.1. The van der Waals surface area contributed by atoms with Crippen molar-refractivity contribution in [3.05, 3.63) is 65.6 Å². The van der Waals surface area contributed by atoms with E-state index in [2.05, 4.69) is 20.8 Å². The number of fused-ring (bicyclic) bond motifs is 2. The smallest absolute Gasteiger partial charge is 0.319 e. The molecule has 3 aliphatic rings. The van der Waals surface area contributed by atoms with Gasteiger partial charge in [0, 0.05) is 46.9 Å². The number of phenols is 1. The molecule has 2 saturated heterocycles. The summed E-state index contributed by atoms with van der Waals surface area (Å²) in [4.78, 5) is 23.0. The lowest BCUT2D eigenvalue weighted by atomic mass is 9.96. The number of hydrogen-bond acceptors (Lipinski definition) is 11. The fourth-order valence-electron chi connectivity index (χ4n) is 7.35. The molecule has 0 saturated carbocycles. The molecule has 11 nitrogen and oxygen atoms in total. The lowest BCUT2D eigenvalue weighted by Crippen LogP contribution is -2.46. The van der Waals surface area contributed by atoms with E-state index in [1.165, 1.54) is 6.07 Å². The molecule has 12 heteroatoms. The zero-order valence-electron chi connectivity index (χ0n) is 26.4. The van der Waals surface area contributed by atoms with Crippen molar-refractivity contribution >= 4 is 33.3 Å². The largest absolute Gasteiger partial charge is 0.508 e. The quantitative estimate of drug-likeness (QED) is 0.245. The highest BCUT2D eigenvalue weighted by molar-refractivity contribution is 6.04. The van der Waals surface area contributed by atoms with Gasteiger partial charge in [0.1, 0.15) is 47.2 Å². The number of pyridine rings is 2. The Hall–Kier alpha value is -5.25. The summed E-state index contributed by atoms with van der Waals surface area (Å²) in [5.41, 5.74) is 7.88. The van der Waals surface area contributed by atoms with Crippen LogP contribution >= 0.6 is 0 Å². The minimum absolute atomic E-state index is 0.0152. The highest BCUT2D eigenvalue weighted by Gasteiger charge is 2.37. The van der Waals surface area contributed by atoms with Crippen LogP contribution in [0.15, 0.2) is 48.7 Å². The number of ether oxygens (including phenoxy) is 3. The molecule has 0 amide bonds. The minimum Gasteiger partial charge on any atom is -0.508 e. The van der Waals surface area contributed by atoms with Crippen molar-refractivity contribution in [1.82, 2.24) is 24.8 Å². The summed E-state index contributed by atoms with van der Waals surface area (Å²) in [6.45, 7) is 5.18. The number of anilines is 2. The summed E-state index contributed by atoms with van der Waals surface area (Å²) in [5, 5.41) is 12.2. The molecule has 48 heavy (non-hydrogen) atoms. The number of benzene rings is 2. The van der Waals surface area contributed by atoms with Crippen molar-refractivity contribution < 1.29 is 23.7 Å². The first-order valence-corrected chi connectivity index (χ1v) is 16.1. The Morgan fingerprint density at radius 3 is 2.88 bits per heavy atom. The van der Waals surface area contributed by atoms with Crippen molar-refractivity contribution in [1.29, 1.82) is 0 Å². The van der Waals surface area contributed by atoms with Crippen LogP contribution in [0.3, 0.4) is 0 Å². The van der Waals surface area contributed by atoms with Gasteiger partial charge in [-0.1, -0.05) is 24.1 Å². The molecular formula is C36H34FN7O4. The molecular weight excluding hydrogens is 613 g/mol. The number of phenolic OH excluding ortho intramolecular Hbond substituents is 1. The zero-order chi connectivity index (χ0) is 32.9. The van der Waals surface area contributed by atoms with E-state index in [4.69, 9.17) is 36.3 Å². The molecule has 6 heterocycles. The van der Waals surface area contributed by atoms with E-state index >= 15 is 4.39 Å². The topological polar surface area (TPSA) is 132 Å². The molecule has 2 fully saturated rings. The Morgan fingerprint density at radius 1 is 1.12 bits per heavy atom. The maximum Gasteiger partial charge on any atom is 0.319 e. The third-order valence-electron chi connectivity index (χ3n) is 9.70. The first-order chi connectivity index (χ1) is 23.4. The van der Waals surface area contributed by atoms with Gasteiger partial charge < -0.3 is 30.0 Å². The van der Waals surface area contributed by atoms with Crippen LogP contribution in [0.1, 0.15) is 36.9 Å². The van der Waals surface area contributed by atoms with Crippen LogP contribution in [0, 0.1) is 18.2 Å². The standard InChI is InChI=1S/C36H34FN7O4/c1-3-21-6-4-7-22-16-25(45)17-27(28(21)22)31-30(37)32-29-34(42-36(41-32)48-19-24-10-9-23-18-46-14-12-44(23)24)43(13-15-47-35(29)40-31)20(2)26-8-5-11-39-33(26)38/h1,4-8,11,16-17,20,23-24,45H,9-10,12-15,18-19H2,2H3,(H2,38,39)/t20-,23+,24+/m1/s1. The van der Waals surface area contributed by atoms with Gasteiger partial charge in [-0.2, -0.15) is 9.97 Å². The van der Waals surface area contributed by atoms with Crippen LogP contribution in [0.2, 0.25) is 0 Å². The van der Waals surface area contributed by atoms with Gasteiger partial charge in [0.2, 0.25) is 5.88 Å². The van der Waals surface area contributed by atoms with Gasteiger partial charge in [-0.05, 0) is 49.4 Å². The van der Waals surface area contributed by atoms with Crippen LogP contribution in [0.5, 0.6) is 17.6 Å². The Labute approximate surface area is 276 Å². The average Bonchev–Trinajstić information content (AvgIpc) is 3.42. The van der Waals surface area contributed by atoms with E-state index < -0.39 is 5.82 Å². The number of nitrogens with zero attached hydrogens (tertiary/aromatic N) is 6. The van der Waals surface area contributed by atoms with Crippen LogP contribution in [0.4, 0.5) is 16.0 Å². The van der Waals surface area contributed by atoms with Gasteiger partial charge in [0.25, 0.3) is 0 Å². The summed E-state index contributed by atoms with van der Waals surface area (Å²) >= 11 is 0. The van der Waals surface area contributed by atoms with Gasteiger partial charge in [0.05, 0.1) is 25.8 Å². The van der Waals surface area contributed by atoms with E-state index in [1.807, 2.05) is 30.0 Å². The Kier molecular flexibility index (Phi) is 7.58.